The Bertz CT molecular complexity index is 741. The highest BCUT2D eigenvalue weighted by molar-refractivity contribution is 5.78. The van der Waals surface area contributed by atoms with Crippen molar-refractivity contribution in [3.63, 3.8) is 0 Å². The van der Waals surface area contributed by atoms with E-state index in [9.17, 15) is 4.79 Å². The third-order valence-electron chi connectivity index (χ3n) is 4.02. The summed E-state index contributed by atoms with van der Waals surface area (Å²) < 4.78 is 16.5. The number of nitrogens with zero attached hydrogens (tertiary/aromatic N) is 2. The van der Waals surface area contributed by atoms with Crippen molar-refractivity contribution < 1.29 is 18.7 Å². The Morgan fingerprint density at radius 2 is 2.17 bits per heavy atom. The smallest absolute Gasteiger partial charge is 0.234 e. The van der Waals surface area contributed by atoms with Gasteiger partial charge in [-0.1, -0.05) is 0 Å². The van der Waals surface area contributed by atoms with E-state index in [4.69, 9.17) is 13.9 Å². The summed E-state index contributed by atoms with van der Waals surface area (Å²) in [5, 5.41) is 2.82. The van der Waals surface area contributed by atoms with Crippen molar-refractivity contribution in [3.05, 3.63) is 29.7 Å². The number of hydrogen-bond acceptors (Lipinski definition) is 6. The molecule has 0 spiro atoms. The molecule has 1 fully saturated rings. The van der Waals surface area contributed by atoms with Crippen molar-refractivity contribution in [2.24, 2.45) is 0 Å². The summed E-state index contributed by atoms with van der Waals surface area (Å²) in [6, 6.07) is 5.48. The summed E-state index contributed by atoms with van der Waals surface area (Å²) >= 11 is 0. The van der Waals surface area contributed by atoms with Crippen LogP contribution >= 0.6 is 0 Å². The summed E-state index contributed by atoms with van der Waals surface area (Å²) in [5.74, 6) is 2.63. The maximum atomic E-state index is 11.5. The number of methoxy groups -OCH3 is 2. The van der Waals surface area contributed by atoms with E-state index in [1.807, 2.05) is 25.1 Å². The van der Waals surface area contributed by atoms with Gasteiger partial charge in [-0.3, -0.25) is 9.69 Å². The van der Waals surface area contributed by atoms with E-state index < -0.39 is 0 Å². The van der Waals surface area contributed by atoms with Gasteiger partial charge in [0.25, 0.3) is 0 Å². The molecule has 2 aromatic rings. The highest BCUT2D eigenvalue weighted by Crippen LogP contribution is 2.34. The molecule has 7 nitrogen and oxygen atoms in total. The standard InChI is InChI=1S/C17H21N3O4/c1-11-14(9-20-7-6-18-16(21)10-20)19-17(24-11)13-8-12(22-2)4-5-15(13)23-3/h4-5,8H,6-7,9-10H2,1-3H3,(H,18,21). The molecule has 2 heterocycles. The number of carbonyl (C=O) groups excluding carboxylic acids is 1. The molecule has 128 valence electrons. The Kier molecular flexibility index (Phi) is 4.71. The van der Waals surface area contributed by atoms with Crippen LogP contribution in [0.2, 0.25) is 0 Å². The van der Waals surface area contributed by atoms with Crippen molar-refractivity contribution in [1.29, 1.82) is 0 Å². The fraction of sp³-hybridized carbons (Fsp3) is 0.412. The van der Waals surface area contributed by atoms with Gasteiger partial charge < -0.3 is 19.2 Å². The van der Waals surface area contributed by atoms with Gasteiger partial charge in [-0.05, 0) is 25.1 Å². The molecule has 0 radical (unpaired) electrons. The quantitative estimate of drug-likeness (QED) is 0.897. The maximum absolute atomic E-state index is 11.5. The molecule has 1 aliphatic heterocycles. The number of carbonyl (C=O) groups is 1. The second kappa shape index (κ2) is 6.92. The lowest BCUT2D eigenvalue weighted by molar-refractivity contribution is -0.124. The van der Waals surface area contributed by atoms with Crippen molar-refractivity contribution in [2.45, 2.75) is 13.5 Å². The van der Waals surface area contributed by atoms with Crippen LogP contribution < -0.4 is 14.8 Å². The highest BCUT2D eigenvalue weighted by Gasteiger charge is 2.21. The lowest BCUT2D eigenvalue weighted by atomic mass is 10.2. The first-order valence-electron chi connectivity index (χ1n) is 7.78. The molecule has 3 rings (SSSR count). The van der Waals surface area contributed by atoms with Gasteiger partial charge in [-0.15, -0.1) is 0 Å². The van der Waals surface area contributed by atoms with Crippen LogP contribution in [0.5, 0.6) is 11.5 Å². The molecule has 1 aliphatic rings. The molecule has 1 amide bonds. The second-order valence-electron chi connectivity index (χ2n) is 5.65. The van der Waals surface area contributed by atoms with Crippen LogP contribution in [0.3, 0.4) is 0 Å². The van der Waals surface area contributed by atoms with Gasteiger partial charge in [0, 0.05) is 19.6 Å². The summed E-state index contributed by atoms with van der Waals surface area (Å²) in [6.45, 7) is 4.30. The van der Waals surface area contributed by atoms with Crippen molar-refractivity contribution >= 4 is 5.91 Å². The molecular formula is C17H21N3O4. The number of aromatic nitrogens is 1. The number of ether oxygens (including phenoxy) is 2. The summed E-state index contributed by atoms with van der Waals surface area (Å²) in [5.41, 5.74) is 1.56. The summed E-state index contributed by atoms with van der Waals surface area (Å²) in [7, 11) is 3.22. The molecule has 1 aromatic carbocycles. The van der Waals surface area contributed by atoms with Crippen LogP contribution in [0.1, 0.15) is 11.5 Å². The summed E-state index contributed by atoms with van der Waals surface area (Å²) in [6.07, 6.45) is 0. The minimum atomic E-state index is 0.0390. The lowest BCUT2D eigenvalue weighted by Crippen LogP contribution is -2.47. The Labute approximate surface area is 140 Å². The molecule has 0 saturated carbocycles. The topological polar surface area (TPSA) is 76.8 Å². The first-order valence-corrected chi connectivity index (χ1v) is 7.78. The van der Waals surface area contributed by atoms with Crippen molar-refractivity contribution in [1.82, 2.24) is 15.2 Å². The number of nitrogens with one attached hydrogen (secondary N) is 1. The molecular weight excluding hydrogens is 310 g/mol. The SMILES string of the molecule is COc1ccc(OC)c(-c2nc(CN3CCNC(=O)C3)c(C)o2)c1. The number of amides is 1. The van der Waals surface area contributed by atoms with Gasteiger partial charge >= 0.3 is 0 Å². The van der Waals surface area contributed by atoms with Gasteiger partial charge in [0.05, 0.1) is 32.0 Å². The average Bonchev–Trinajstić information content (AvgIpc) is 2.95. The van der Waals surface area contributed by atoms with E-state index in [1.54, 1.807) is 14.2 Å². The first-order chi connectivity index (χ1) is 11.6. The third-order valence-corrected chi connectivity index (χ3v) is 4.02. The van der Waals surface area contributed by atoms with E-state index in [-0.39, 0.29) is 5.91 Å². The fourth-order valence-electron chi connectivity index (χ4n) is 2.71. The predicted molar refractivity (Wildman–Crippen MR) is 88.1 cm³/mol. The van der Waals surface area contributed by atoms with Crippen LogP contribution in [0.25, 0.3) is 11.5 Å². The molecule has 0 bridgehead atoms. The van der Waals surface area contributed by atoms with Crippen LogP contribution in [0.4, 0.5) is 0 Å². The van der Waals surface area contributed by atoms with Crippen molar-refractivity contribution in [3.8, 4) is 23.0 Å². The van der Waals surface area contributed by atoms with Crippen LogP contribution in [-0.4, -0.2) is 49.6 Å². The summed E-state index contributed by atoms with van der Waals surface area (Å²) in [4.78, 5) is 18.2. The average molecular weight is 331 g/mol. The predicted octanol–water partition coefficient (Wildman–Crippen LogP) is 1.60. The van der Waals surface area contributed by atoms with E-state index in [2.05, 4.69) is 15.2 Å². The zero-order valence-electron chi connectivity index (χ0n) is 14.1. The van der Waals surface area contributed by atoms with Gasteiger partial charge in [-0.2, -0.15) is 0 Å². The fourth-order valence-corrected chi connectivity index (χ4v) is 2.71. The Hall–Kier alpha value is -2.54. The number of piperazine rings is 1. The third kappa shape index (κ3) is 3.35. The Morgan fingerprint density at radius 3 is 2.88 bits per heavy atom. The van der Waals surface area contributed by atoms with Crippen LogP contribution in [-0.2, 0) is 11.3 Å². The molecule has 0 aliphatic carbocycles. The molecule has 7 heteroatoms. The molecule has 24 heavy (non-hydrogen) atoms. The zero-order valence-corrected chi connectivity index (χ0v) is 14.1. The molecule has 1 N–H and O–H groups in total. The maximum Gasteiger partial charge on any atom is 0.234 e. The van der Waals surface area contributed by atoms with Gasteiger partial charge in [0.15, 0.2) is 0 Å². The number of hydrogen-bond donors (Lipinski definition) is 1. The second-order valence-corrected chi connectivity index (χ2v) is 5.65. The zero-order chi connectivity index (χ0) is 17.1. The minimum absolute atomic E-state index is 0.0390. The minimum Gasteiger partial charge on any atom is -0.497 e. The van der Waals surface area contributed by atoms with Gasteiger partial charge in [-0.25, -0.2) is 4.98 Å². The van der Waals surface area contributed by atoms with E-state index in [1.165, 1.54) is 0 Å². The van der Waals surface area contributed by atoms with E-state index in [0.29, 0.717) is 37.0 Å². The van der Waals surface area contributed by atoms with Gasteiger partial charge in [0.1, 0.15) is 17.3 Å². The largest absolute Gasteiger partial charge is 0.497 e. The molecule has 1 saturated heterocycles. The highest BCUT2D eigenvalue weighted by atomic mass is 16.5. The molecule has 0 unspecified atom stereocenters. The van der Waals surface area contributed by atoms with E-state index in [0.717, 1.165) is 23.6 Å². The first kappa shape index (κ1) is 16.3. The number of oxazole rings is 1. The Morgan fingerprint density at radius 1 is 1.33 bits per heavy atom. The molecule has 0 atom stereocenters. The van der Waals surface area contributed by atoms with Gasteiger partial charge in [0.2, 0.25) is 11.8 Å². The van der Waals surface area contributed by atoms with Crippen LogP contribution in [0, 0.1) is 6.92 Å². The number of rotatable bonds is 5. The monoisotopic (exact) mass is 331 g/mol. The molecule has 1 aromatic heterocycles. The normalized spacial score (nSPS) is 15.2. The van der Waals surface area contributed by atoms with Crippen molar-refractivity contribution in [2.75, 3.05) is 33.9 Å². The Balaban J connectivity index is 1.87. The van der Waals surface area contributed by atoms with Crippen LogP contribution in [0.15, 0.2) is 22.6 Å². The van der Waals surface area contributed by atoms with E-state index >= 15 is 0 Å². The number of aryl methyl sites for hydroxylation is 1. The lowest BCUT2D eigenvalue weighted by Gasteiger charge is -2.25. The number of benzene rings is 1.